The molecule has 0 atom stereocenters. The van der Waals surface area contributed by atoms with Crippen molar-refractivity contribution in [2.75, 3.05) is 39.3 Å². The highest BCUT2D eigenvalue weighted by molar-refractivity contribution is 5.50. The lowest BCUT2D eigenvalue weighted by Crippen LogP contribution is -2.21. The molecule has 6 heteroatoms. The summed E-state index contributed by atoms with van der Waals surface area (Å²) in [4.78, 5) is 1.65. The molecule has 0 aromatic heterocycles. The van der Waals surface area contributed by atoms with Gasteiger partial charge in [-0.2, -0.15) is 13.2 Å². The molecule has 19 heavy (non-hydrogen) atoms. The highest BCUT2D eigenvalue weighted by atomic mass is 19.4. The molecule has 0 aliphatic rings. The summed E-state index contributed by atoms with van der Waals surface area (Å²) < 4.78 is 43.8. The van der Waals surface area contributed by atoms with E-state index in [1.807, 2.05) is 0 Å². The zero-order valence-corrected chi connectivity index (χ0v) is 11.3. The fraction of sp³-hybridized carbons (Fsp3) is 0.538. The van der Waals surface area contributed by atoms with E-state index in [0.717, 1.165) is 0 Å². The zero-order valence-electron chi connectivity index (χ0n) is 11.3. The van der Waals surface area contributed by atoms with Gasteiger partial charge in [-0.3, -0.25) is 0 Å². The van der Waals surface area contributed by atoms with Gasteiger partial charge >= 0.3 is 6.18 Å². The minimum atomic E-state index is -4.34. The Morgan fingerprint density at radius 1 is 1.26 bits per heavy atom. The molecule has 0 saturated carbocycles. The Balaban J connectivity index is 2.90. The molecule has 1 N–H and O–H groups in total. The van der Waals surface area contributed by atoms with Crippen LogP contribution in [0.15, 0.2) is 18.2 Å². The van der Waals surface area contributed by atoms with Gasteiger partial charge in [-0.1, -0.05) is 6.07 Å². The van der Waals surface area contributed by atoms with E-state index in [4.69, 9.17) is 4.74 Å². The summed E-state index contributed by atoms with van der Waals surface area (Å²) in [6.45, 7) is 1.16. The summed E-state index contributed by atoms with van der Waals surface area (Å²) in [6, 6.07) is 4.37. The van der Waals surface area contributed by atoms with Crippen LogP contribution in [0.1, 0.15) is 11.1 Å². The molecule has 0 saturated heterocycles. The molecule has 0 aliphatic heterocycles. The summed E-state index contributed by atoms with van der Waals surface area (Å²) in [6.07, 6.45) is -4.34. The van der Waals surface area contributed by atoms with Gasteiger partial charge < -0.3 is 15.0 Å². The number of nitrogens with zero attached hydrogens (tertiary/aromatic N) is 1. The fourth-order valence-electron chi connectivity index (χ4n) is 1.66. The molecule has 108 valence electrons. The number of nitrogens with one attached hydrogen (secondary N) is 1. The Bertz CT molecular complexity index is 405. The topological polar surface area (TPSA) is 24.5 Å². The largest absolute Gasteiger partial charge is 0.416 e. The molecule has 0 unspecified atom stereocenters. The molecule has 1 aromatic rings. The van der Waals surface area contributed by atoms with Gasteiger partial charge in [0.05, 0.1) is 12.2 Å². The average Bonchev–Trinajstić information content (AvgIpc) is 2.33. The van der Waals surface area contributed by atoms with E-state index in [1.165, 1.54) is 12.1 Å². The molecular weight excluding hydrogens is 257 g/mol. The molecule has 3 nitrogen and oxygen atoms in total. The van der Waals surface area contributed by atoms with Crippen molar-refractivity contribution in [3.63, 3.8) is 0 Å². The molecule has 0 spiro atoms. The number of methoxy groups -OCH3 is 1. The molecule has 0 fully saturated rings. The number of hydrogen-bond acceptors (Lipinski definition) is 3. The van der Waals surface area contributed by atoms with Crippen molar-refractivity contribution in [1.82, 2.24) is 5.32 Å². The maximum absolute atomic E-state index is 13.0. The first-order valence-corrected chi connectivity index (χ1v) is 5.93. The lowest BCUT2D eigenvalue weighted by atomic mass is 10.1. The second-order valence-electron chi connectivity index (χ2n) is 4.40. The maximum atomic E-state index is 13.0. The number of rotatable bonds is 6. The van der Waals surface area contributed by atoms with Crippen LogP contribution in [0.5, 0.6) is 0 Å². The monoisotopic (exact) mass is 276 g/mol. The average molecular weight is 276 g/mol. The van der Waals surface area contributed by atoms with Crippen LogP contribution in [0.4, 0.5) is 18.9 Å². The van der Waals surface area contributed by atoms with Gasteiger partial charge in [-0.25, -0.2) is 0 Å². The molecule has 0 aliphatic carbocycles. The number of hydrogen-bond donors (Lipinski definition) is 1. The van der Waals surface area contributed by atoms with Gasteiger partial charge in [0.15, 0.2) is 0 Å². The summed E-state index contributed by atoms with van der Waals surface area (Å²) in [5.41, 5.74) is 0.186. The van der Waals surface area contributed by atoms with E-state index < -0.39 is 11.7 Å². The normalized spacial score (nSPS) is 11.7. The molecule has 1 aromatic carbocycles. The van der Waals surface area contributed by atoms with Crippen LogP contribution < -0.4 is 10.2 Å². The van der Waals surface area contributed by atoms with E-state index in [1.54, 1.807) is 32.2 Å². The number of ether oxygens (including phenoxy) is 1. The number of anilines is 1. The Morgan fingerprint density at radius 2 is 1.95 bits per heavy atom. The van der Waals surface area contributed by atoms with Crippen LogP contribution in [0.3, 0.4) is 0 Å². The molecule has 0 bridgehead atoms. The summed E-state index contributed by atoms with van der Waals surface area (Å²) in [5, 5.41) is 2.93. The molecule has 0 heterocycles. The lowest BCUT2D eigenvalue weighted by Gasteiger charge is -2.18. The summed E-state index contributed by atoms with van der Waals surface area (Å²) in [5.74, 6) is 0. The Labute approximate surface area is 111 Å². The van der Waals surface area contributed by atoms with Gasteiger partial charge in [-0.15, -0.1) is 0 Å². The number of benzene rings is 1. The van der Waals surface area contributed by atoms with Crippen LogP contribution in [-0.4, -0.2) is 34.4 Å². The minimum Gasteiger partial charge on any atom is -0.383 e. The Hall–Kier alpha value is -1.27. The zero-order chi connectivity index (χ0) is 14.5. The summed E-state index contributed by atoms with van der Waals surface area (Å²) >= 11 is 0. The van der Waals surface area contributed by atoms with Gasteiger partial charge in [0.25, 0.3) is 0 Å². The SMILES string of the molecule is COCCNCc1ccc(N(C)C)cc1C(F)(F)F. The van der Waals surface area contributed by atoms with E-state index in [9.17, 15) is 13.2 Å². The van der Waals surface area contributed by atoms with Crippen molar-refractivity contribution in [2.24, 2.45) is 0 Å². The maximum Gasteiger partial charge on any atom is 0.416 e. The Morgan fingerprint density at radius 3 is 2.47 bits per heavy atom. The Kier molecular flexibility index (Phi) is 5.62. The van der Waals surface area contributed by atoms with Crippen molar-refractivity contribution < 1.29 is 17.9 Å². The molecule has 0 radical (unpaired) electrons. The van der Waals surface area contributed by atoms with E-state index in [2.05, 4.69) is 5.32 Å². The number of halogens is 3. The molecular formula is C13H19F3N2O. The first-order chi connectivity index (χ1) is 8.86. The van der Waals surface area contributed by atoms with E-state index >= 15 is 0 Å². The van der Waals surface area contributed by atoms with Crippen LogP contribution in [-0.2, 0) is 17.5 Å². The van der Waals surface area contributed by atoms with Crippen molar-refractivity contribution in [2.45, 2.75) is 12.7 Å². The second kappa shape index (κ2) is 6.77. The van der Waals surface area contributed by atoms with E-state index in [-0.39, 0.29) is 12.1 Å². The van der Waals surface area contributed by atoms with E-state index in [0.29, 0.717) is 18.8 Å². The third-order valence-corrected chi connectivity index (χ3v) is 2.71. The van der Waals surface area contributed by atoms with Crippen LogP contribution in [0.2, 0.25) is 0 Å². The fourth-order valence-corrected chi connectivity index (χ4v) is 1.66. The van der Waals surface area contributed by atoms with Gasteiger partial charge in [0, 0.05) is 40.0 Å². The minimum absolute atomic E-state index is 0.173. The highest BCUT2D eigenvalue weighted by Crippen LogP contribution is 2.34. The quantitative estimate of drug-likeness (QED) is 0.808. The van der Waals surface area contributed by atoms with Crippen LogP contribution in [0.25, 0.3) is 0 Å². The predicted molar refractivity (Wildman–Crippen MR) is 69.4 cm³/mol. The standard InChI is InChI=1S/C13H19F3N2O/c1-18(2)11-5-4-10(9-17-6-7-19-3)12(8-11)13(14,15)16/h4-5,8,17H,6-7,9H2,1-3H3. The number of alkyl halides is 3. The highest BCUT2D eigenvalue weighted by Gasteiger charge is 2.33. The summed E-state index contributed by atoms with van der Waals surface area (Å²) in [7, 11) is 4.98. The van der Waals surface area contributed by atoms with Crippen molar-refractivity contribution >= 4 is 5.69 Å². The van der Waals surface area contributed by atoms with Gasteiger partial charge in [0.1, 0.15) is 0 Å². The molecule has 1 rings (SSSR count). The van der Waals surface area contributed by atoms with Crippen molar-refractivity contribution in [3.05, 3.63) is 29.3 Å². The third kappa shape index (κ3) is 4.72. The lowest BCUT2D eigenvalue weighted by molar-refractivity contribution is -0.138. The predicted octanol–water partition coefficient (Wildman–Crippen LogP) is 2.51. The van der Waals surface area contributed by atoms with Crippen LogP contribution >= 0.6 is 0 Å². The third-order valence-electron chi connectivity index (χ3n) is 2.71. The second-order valence-corrected chi connectivity index (χ2v) is 4.40. The molecule has 0 amide bonds. The van der Waals surface area contributed by atoms with Crippen molar-refractivity contribution in [1.29, 1.82) is 0 Å². The van der Waals surface area contributed by atoms with Crippen LogP contribution in [0, 0.1) is 0 Å². The van der Waals surface area contributed by atoms with Gasteiger partial charge in [-0.05, 0) is 17.7 Å². The van der Waals surface area contributed by atoms with Gasteiger partial charge in [0.2, 0.25) is 0 Å². The smallest absolute Gasteiger partial charge is 0.383 e. The first kappa shape index (κ1) is 15.8. The first-order valence-electron chi connectivity index (χ1n) is 5.93. The van der Waals surface area contributed by atoms with Crippen molar-refractivity contribution in [3.8, 4) is 0 Å².